The Labute approximate surface area is 215 Å². The van der Waals surface area contributed by atoms with E-state index in [9.17, 15) is 19.2 Å². The van der Waals surface area contributed by atoms with Gasteiger partial charge < -0.3 is 30.1 Å². The lowest BCUT2D eigenvalue weighted by atomic mass is 10.0. The molecule has 1 saturated heterocycles. The van der Waals surface area contributed by atoms with Gasteiger partial charge in [-0.1, -0.05) is 12.1 Å². The number of aromatic nitrogens is 1. The van der Waals surface area contributed by atoms with Crippen LogP contribution in [0.15, 0.2) is 21.8 Å². The lowest BCUT2D eigenvalue weighted by Crippen LogP contribution is -2.71. The quantitative estimate of drug-likeness (QED) is 0.125. The van der Waals surface area contributed by atoms with Crippen LogP contribution >= 0.6 is 23.1 Å². The summed E-state index contributed by atoms with van der Waals surface area (Å²) in [6.45, 7) is 3.26. The van der Waals surface area contributed by atoms with E-state index in [1.165, 1.54) is 23.8 Å². The molecule has 3 N–H and O–H groups in total. The van der Waals surface area contributed by atoms with Crippen molar-refractivity contribution in [2.75, 3.05) is 38.6 Å². The number of thiazole rings is 1. The third-order valence-electron chi connectivity index (χ3n) is 4.97. The number of methoxy groups -OCH3 is 1. The molecule has 3 heterocycles. The molecule has 2 aliphatic heterocycles. The topological polar surface area (TPSA) is 172 Å². The predicted molar refractivity (Wildman–Crippen MR) is 131 cm³/mol. The molecule has 196 valence electrons. The van der Waals surface area contributed by atoms with Crippen molar-refractivity contribution in [1.82, 2.24) is 15.2 Å². The maximum absolute atomic E-state index is 13.1. The molecule has 1 unspecified atom stereocenters. The maximum Gasteiger partial charge on any atom is 0.358 e. The minimum absolute atomic E-state index is 0.0121. The van der Waals surface area contributed by atoms with Gasteiger partial charge in [-0.25, -0.2) is 9.78 Å². The zero-order valence-corrected chi connectivity index (χ0v) is 21.6. The van der Waals surface area contributed by atoms with Gasteiger partial charge in [0, 0.05) is 24.7 Å². The third kappa shape index (κ3) is 6.14. The average Bonchev–Trinajstić information content (AvgIpc) is 3.28. The van der Waals surface area contributed by atoms with Crippen LogP contribution in [0.1, 0.15) is 32.4 Å². The molecule has 1 aromatic rings. The first kappa shape index (κ1) is 27.4. The Balaban J connectivity index is 1.73. The average molecular weight is 542 g/mol. The minimum Gasteiger partial charge on any atom is -0.428 e. The number of nitrogens with one attached hydrogen (secondary N) is 1. The molecule has 0 spiro atoms. The Morgan fingerprint density at radius 2 is 2.08 bits per heavy atom. The normalized spacial score (nSPS) is 19.4. The van der Waals surface area contributed by atoms with Crippen molar-refractivity contribution >= 4 is 57.7 Å². The molecule has 0 aromatic carbocycles. The van der Waals surface area contributed by atoms with E-state index >= 15 is 0 Å². The second-order valence-electron chi connectivity index (χ2n) is 7.49. The fraction of sp³-hybridized carbons (Fsp3) is 0.524. The van der Waals surface area contributed by atoms with Gasteiger partial charge in [0.2, 0.25) is 6.79 Å². The molecule has 15 heteroatoms. The van der Waals surface area contributed by atoms with Crippen LogP contribution in [0.2, 0.25) is 0 Å². The molecule has 36 heavy (non-hydrogen) atoms. The van der Waals surface area contributed by atoms with Gasteiger partial charge >= 0.3 is 11.9 Å². The number of oxime groups is 1. The van der Waals surface area contributed by atoms with Crippen molar-refractivity contribution in [3.63, 3.8) is 0 Å². The van der Waals surface area contributed by atoms with Gasteiger partial charge in [-0.2, -0.15) is 0 Å². The monoisotopic (exact) mass is 541 g/mol. The van der Waals surface area contributed by atoms with Crippen LogP contribution in [0, 0.1) is 0 Å². The number of fused-ring (bicyclic) bond motifs is 1. The number of carbonyl (C=O) groups excluding carboxylic acids is 4. The molecule has 0 bridgehead atoms. The Bertz CT molecular complexity index is 1070. The largest absolute Gasteiger partial charge is 0.428 e. The van der Waals surface area contributed by atoms with E-state index in [1.807, 2.05) is 6.92 Å². The summed E-state index contributed by atoms with van der Waals surface area (Å²) in [6.07, 6.45) is 0.791. The molecule has 3 rings (SSSR count). The molecule has 1 aromatic heterocycles. The van der Waals surface area contributed by atoms with E-state index in [0.29, 0.717) is 17.7 Å². The molecule has 2 amide bonds. The lowest BCUT2D eigenvalue weighted by molar-refractivity contribution is -0.168. The summed E-state index contributed by atoms with van der Waals surface area (Å²) in [5.74, 6) is -2.16. The van der Waals surface area contributed by atoms with E-state index < -0.39 is 42.0 Å². The Morgan fingerprint density at radius 3 is 2.72 bits per heavy atom. The van der Waals surface area contributed by atoms with Crippen molar-refractivity contribution in [3.8, 4) is 0 Å². The molecule has 2 aliphatic rings. The Morgan fingerprint density at radius 1 is 1.31 bits per heavy atom. The summed E-state index contributed by atoms with van der Waals surface area (Å²) in [4.78, 5) is 60.8. The lowest BCUT2D eigenvalue weighted by Gasteiger charge is -2.49. The smallest absolute Gasteiger partial charge is 0.358 e. The Kier molecular flexibility index (Phi) is 9.66. The number of hydrogen-bond donors (Lipinski definition) is 2. The SMILES string of the molecule is CCCC(=O)OCOC(=O)C1=C(COC)CS[C@H]2C(NC(=O)C(=NOCC)c3csc(N)n3)C(=O)N12. The molecule has 0 aliphatic carbocycles. The van der Waals surface area contributed by atoms with Crippen molar-refractivity contribution in [2.24, 2.45) is 5.16 Å². The first-order chi connectivity index (χ1) is 17.3. The second kappa shape index (κ2) is 12.7. The number of rotatable bonds is 12. The van der Waals surface area contributed by atoms with E-state index in [-0.39, 0.29) is 41.9 Å². The first-order valence-corrected chi connectivity index (χ1v) is 13.0. The number of amides is 2. The molecular weight excluding hydrogens is 514 g/mol. The zero-order valence-electron chi connectivity index (χ0n) is 20.0. The van der Waals surface area contributed by atoms with Gasteiger partial charge in [0.15, 0.2) is 10.8 Å². The Hall–Kier alpha value is -3.17. The zero-order chi connectivity index (χ0) is 26.2. The number of hydrogen-bond acceptors (Lipinski definition) is 13. The maximum atomic E-state index is 13.1. The number of nitrogens with two attached hydrogens (primary N) is 1. The summed E-state index contributed by atoms with van der Waals surface area (Å²) in [7, 11) is 1.46. The number of nitrogen functional groups attached to an aromatic ring is 1. The second-order valence-corrected chi connectivity index (χ2v) is 9.49. The van der Waals surface area contributed by atoms with E-state index in [2.05, 4.69) is 15.5 Å². The van der Waals surface area contributed by atoms with Gasteiger partial charge in [-0.15, -0.1) is 23.1 Å². The summed E-state index contributed by atoms with van der Waals surface area (Å²) >= 11 is 2.49. The highest BCUT2D eigenvalue weighted by atomic mass is 32.2. The van der Waals surface area contributed by atoms with Gasteiger partial charge in [0.1, 0.15) is 29.4 Å². The van der Waals surface area contributed by atoms with E-state index in [4.69, 9.17) is 24.8 Å². The number of anilines is 1. The van der Waals surface area contributed by atoms with E-state index in [1.54, 1.807) is 12.3 Å². The standard InChI is InChI=1S/C21H27N5O8S2/c1-4-6-13(27)32-10-33-20(30)16-11(7-31-3)8-35-19-15(18(29)26(16)19)24-17(28)14(25-34-5-2)12-9-36-21(22)23-12/h9,15,19H,4-8,10H2,1-3H3,(H2,22,23)(H,24,28)/t15?,19-/m0/s1. The van der Waals surface area contributed by atoms with Gasteiger partial charge in [0.25, 0.3) is 11.8 Å². The van der Waals surface area contributed by atoms with Crippen LogP contribution in [0.4, 0.5) is 5.13 Å². The molecule has 2 atom stereocenters. The van der Waals surface area contributed by atoms with Gasteiger partial charge in [-0.3, -0.25) is 19.3 Å². The molecule has 0 saturated carbocycles. The first-order valence-electron chi connectivity index (χ1n) is 11.0. The van der Waals surface area contributed by atoms with Crippen molar-refractivity contribution in [2.45, 2.75) is 38.1 Å². The number of nitrogens with zero attached hydrogens (tertiary/aromatic N) is 3. The highest BCUT2D eigenvalue weighted by Gasteiger charge is 2.54. The number of β-lactam (4-membered cyclic amide) rings is 1. The molecular formula is C21H27N5O8S2. The summed E-state index contributed by atoms with van der Waals surface area (Å²) in [6, 6.07) is -0.931. The fourth-order valence-electron chi connectivity index (χ4n) is 3.39. The van der Waals surface area contributed by atoms with Crippen molar-refractivity contribution < 1.29 is 38.2 Å². The highest BCUT2D eigenvalue weighted by Crippen LogP contribution is 2.40. The number of ether oxygens (including phenoxy) is 3. The van der Waals surface area contributed by atoms with Crippen molar-refractivity contribution in [3.05, 3.63) is 22.3 Å². The van der Waals surface area contributed by atoms with Crippen molar-refractivity contribution in [1.29, 1.82) is 0 Å². The van der Waals surface area contributed by atoms with Crippen LogP contribution in [0.3, 0.4) is 0 Å². The molecule has 0 radical (unpaired) electrons. The molecule has 1 fully saturated rings. The van der Waals surface area contributed by atoms with Crippen LogP contribution < -0.4 is 11.1 Å². The number of carbonyl (C=O) groups is 4. The minimum atomic E-state index is -0.931. The predicted octanol–water partition coefficient (Wildman–Crippen LogP) is 0.610. The summed E-state index contributed by atoms with van der Waals surface area (Å²) < 4.78 is 15.1. The van der Waals surface area contributed by atoms with Crippen LogP contribution in [-0.2, 0) is 38.2 Å². The number of thioether (sulfide) groups is 1. The van der Waals surface area contributed by atoms with E-state index in [0.717, 1.165) is 11.3 Å². The third-order valence-corrected chi connectivity index (χ3v) is 6.99. The molecule has 13 nitrogen and oxygen atoms in total. The summed E-state index contributed by atoms with van der Waals surface area (Å²) in [5, 5.41) is 7.71. The van der Waals surface area contributed by atoms with Crippen LogP contribution in [0.25, 0.3) is 0 Å². The fourth-order valence-corrected chi connectivity index (χ4v) is 5.27. The van der Waals surface area contributed by atoms with Gasteiger partial charge in [-0.05, 0) is 18.9 Å². The van der Waals surface area contributed by atoms with Crippen LogP contribution in [-0.4, -0.2) is 83.6 Å². The van der Waals surface area contributed by atoms with Gasteiger partial charge in [0.05, 0.1) is 6.61 Å². The summed E-state index contributed by atoms with van der Waals surface area (Å²) in [5.41, 5.74) is 6.31. The highest BCUT2D eigenvalue weighted by molar-refractivity contribution is 8.00. The number of esters is 2. The van der Waals surface area contributed by atoms with Crippen LogP contribution in [0.5, 0.6) is 0 Å².